The predicted octanol–water partition coefficient (Wildman–Crippen LogP) is 4.52. The van der Waals surface area contributed by atoms with Crippen molar-refractivity contribution in [2.24, 2.45) is 0 Å². The van der Waals surface area contributed by atoms with Gasteiger partial charge in [0, 0.05) is 0 Å². The first-order valence-corrected chi connectivity index (χ1v) is 9.91. The van der Waals surface area contributed by atoms with Gasteiger partial charge in [0.1, 0.15) is 12.2 Å². The number of hydrogen-bond acceptors (Lipinski definition) is 4. The van der Waals surface area contributed by atoms with E-state index in [2.05, 4.69) is 33.9 Å². The van der Waals surface area contributed by atoms with Gasteiger partial charge in [-0.1, -0.05) is 26.8 Å². The Morgan fingerprint density at radius 1 is 1.00 bits per heavy atom. The molecule has 118 valence electrons. The second-order valence-corrected chi connectivity index (χ2v) is 12.1. The van der Waals surface area contributed by atoms with E-state index in [1.165, 1.54) is 0 Å². The third-order valence-corrected chi connectivity index (χ3v) is 7.70. The zero-order chi connectivity index (χ0) is 16.0. The van der Waals surface area contributed by atoms with Crippen molar-refractivity contribution < 1.29 is 18.7 Å². The molecule has 0 fully saturated rings. The summed E-state index contributed by atoms with van der Waals surface area (Å²) in [5.41, 5.74) is -0.522. The standard InChI is InChI=1S/C15H30O4Si/c1-14(2,3)19-13(16)17-11-9-10-12-18-20(7,8)15(4,5)6/h9-10H,11-12H2,1-8H3. The molecule has 0 aliphatic heterocycles. The number of hydrogen-bond donors (Lipinski definition) is 0. The van der Waals surface area contributed by atoms with Gasteiger partial charge >= 0.3 is 6.16 Å². The first kappa shape index (κ1) is 19.2. The molecule has 0 aromatic carbocycles. The Bertz CT molecular complexity index is 335. The molecule has 0 N–H and O–H groups in total. The lowest BCUT2D eigenvalue weighted by Gasteiger charge is -2.35. The zero-order valence-corrected chi connectivity index (χ0v) is 15.2. The van der Waals surface area contributed by atoms with E-state index in [1.54, 1.807) is 26.8 Å². The van der Waals surface area contributed by atoms with Crippen LogP contribution in [0, 0.1) is 0 Å². The maximum Gasteiger partial charge on any atom is 0.509 e. The minimum atomic E-state index is -1.70. The average Bonchev–Trinajstić information content (AvgIpc) is 2.18. The van der Waals surface area contributed by atoms with Gasteiger partial charge in [-0.05, 0) is 45.0 Å². The number of rotatable bonds is 5. The van der Waals surface area contributed by atoms with Crippen LogP contribution in [-0.2, 0) is 13.9 Å². The van der Waals surface area contributed by atoms with Crippen LogP contribution in [0.3, 0.4) is 0 Å². The molecule has 0 bridgehead atoms. The topological polar surface area (TPSA) is 44.8 Å². The van der Waals surface area contributed by atoms with Crippen LogP contribution < -0.4 is 0 Å². The highest BCUT2D eigenvalue weighted by Crippen LogP contribution is 2.36. The lowest BCUT2D eigenvalue weighted by atomic mass is 10.2. The quantitative estimate of drug-likeness (QED) is 0.425. The molecule has 0 unspecified atom stereocenters. The largest absolute Gasteiger partial charge is 0.509 e. The molecule has 0 amide bonds. The van der Waals surface area contributed by atoms with Gasteiger partial charge in [-0.3, -0.25) is 0 Å². The average molecular weight is 302 g/mol. The molecule has 0 spiro atoms. The van der Waals surface area contributed by atoms with Gasteiger partial charge in [-0.25, -0.2) is 4.79 Å². The zero-order valence-electron chi connectivity index (χ0n) is 14.2. The van der Waals surface area contributed by atoms with Crippen molar-refractivity contribution in [3.05, 3.63) is 12.2 Å². The molecule has 0 saturated carbocycles. The highest BCUT2D eigenvalue weighted by molar-refractivity contribution is 6.74. The molecule has 20 heavy (non-hydrogen) atoms. The number of carbonyl (C=O) groups excluding carboxylic acids is 1. The fourth-order valence-corrected chi connectivity index (χ4v) is 1.95. The first-order valence-electron chi connectivity index (χ1n) is 7.00. The van der Waals surface area contributed by atoms with Crippen molar-refractivity contribution in [1.82, 2.24) is 0 Å². The molecule has 5 heteroatoms. The third-order valence-electron chi connectivity index (χ3n) is 3.20. The Morgan fingerprint density at radius 2 is 1.50 bits per heavy atom. The predicted molar refractivity (Wildman–Crippen MR) is 84.5 cm³/mol. The monoisotopic (exact) mass is 302 g/mol. The molecule has 0 saturated heterocycles. The molecule has 0 aliphatic rings. The van der Waals surface area contributed by atoms with Crippen molar-refractivity contribution in [2.75, 3.05) is 13.2 Å². The second-order valence-electron chi connectivity index (χ2n) is 7.32. The molecule has 0 aromatic heterocycles. The van der Waals surface area contributed by atoms with Gasteiger partial charge in [0.2, 0.25) is 0 Å². The highest BCUT2D eigenvalue weighted by atomic mass is 28.4. The molecular formula is C15H30O4Si. The molecule has 0 rings (SSSR count). The molecule has 0 radical (unpaired) electrons. The minimum Gasteiger partial charge on any atom is -0.430 e. The Kier molecular flexibility index (Phi) is 6.97. The summed E-state index contributed by atoms with van der Waals surface area (Å²) < 4.78 is 15.9. The van der Waals surface area contributed by atoms with Gasteiger partial charge in [0.05, 0.1) is 6.61 Å². The van der Waals surface area contributed by atoms with Crippen LogP contribution in [0.15, 0.2) is 12.2 Å². The molecule has 0 aliphatic carbocycles. The summed E-state index contributed by atoms with van der Waals surface area (Å²) in [5.74, 6) is 0. The first-order chi connectivity index (χ1) is 8.85. The van der Waals surface area contributed by atoms with E-state index in [0.29, 0.717) is 6.61 Å². The molecule has 0 heterocycles. The van der Waals surface area contributed by atoms with E-state index in [4.69, 9.17) is 13.9 Å². The number of carbonyl (C=O) groups is 1. The summed E-state index contributed by atoms with van der Waals surface area (Å²) in [5, 5.41) is 0.202. The van der Waals surface area contributed by atoms with Gasteiger partial charge in [0.15, 0.2) is 8.32 Å². The highest BCUT2D eigenvalue weighted by Gasteiger charge is 2.36. The van der Waals surface area contributed by atoms with Gasteiger partial charge in [-0.2, -0.15) is 0 Å². The Morgan fingerprint density at radius 3 is 1.95 bits per heavy atom. The summed E-state index contributed by atoms with van der Waals surface area (Å²) in [6.45, 7) is 17.2. The van der Waals surface area contributed by atoms with Crippen LogP contribution in [0.4, 0.5) is 4.79 Å². The van der Waals surface area contributed by atoms with Crippen LogP contribution in [0.5, 0.6) is 0 Å². The Balaban J connectivity index is 3.92. The van der Waals surface area contributed by atoms with E-state index in [-0.39, 0.29) is 11.6 Å². The summed E-state index contributed by atoms with van der Waals surface area (Å²) in [4.78, 5) is 11.3. The van der Waals surface area contributed by atoms with E-state index < -0.39 is 20.1 Å². The SMILES string of the molecule is CC(C)(C)OC(=O)OCC=CCO[Si](C)(C)C(C)(C)C. The van der Waals surface area contributed by atoms with Gasteiger partial charge in [-0.15, -0.1) is 0 Å². The van der Waals surface area contributed by atoms with Crippen LogP contribution >= 0.6 is 0 Å². The number of ether oxygens (including phenoxy) is 2. The van der Waals surface area contributed by atoms with Crippen molar-refractivity contribution in [2.45, 2.75) is 65.3 Å². The molecule has 0 aromatic rings. The van der Waals surface area contributed by atoms with Gasteiger partial charge in [0.25, 0.3) is 0 Å². The van der Waals surface area contributed by atoms with E-state index >= 15 is 0 Å². The lowest BCUT2D eigenvalue weighted by molar-refractivity contribution is -0.00245. The van der Waals surface area contributed by atoms with E-state index in [1.807, 2.05) is 6.08 Å². The maximum absolute atomic E-state index is 11.3. The van der Waals surface area contributed by atoms with E-state index in [0.717, 1.165) is 0 Å². The van der Waals surface area contributed by atoms with Crippen LogP contribution in [-0.4, -0.2) is 33.3 Å². The van der Waals surface area contributed by atoms with Crippen LogP contribution in [0.2, 0.25) is 18.1 Å². The van der Waals surface area contributed by atoms with Gasteiger partial charge < -0.3 is 13.9 Å². The van der Waals surface area contributed by atoms with Crippen molar-refractivity contribution in [3.63, 3.8) is 0 Å². The molecule has 0 atom stereocenters. The summed E-state index contributed by atoms with van der Waals surface area (Å²) >= 11 is 0. The van der Waals surface area contributed by atoms with Crippen LogP contribution in [0.25, 0.3) is 0 Å². The molecule has 4 nitrogen and oxygen atoms in total. The Labute approximate surface area is 124 Å². The smallest absolute Gasteiger partial charge is 0.430 e. The summed E-state index contributed by atoms with van der Waals surface area (Å²) in [6.07, 6.45) is 3.01. The van der Waals surface area contributed by atoms with Crippen molar-refractivity contribution >= 4 is 14.5 Å². The lowest BCUT2D eigenvalue weighted by Crippen LogP contribution is -2.40. The van der Waals surface area contributed by atoms with E-state index in [9.17, 15) is 4.79 Å². The molecular weight excluding hydrogens is 272 g/mol. The minimum absolute atomic E-state index is 0.202. The normalized spacial score (nSPS) is 13.6. The van der Waals surface area contributed by atoms with Crippen molar-refractivity contribution in [1.29, 1.82) is 0 Å². The summed E-state index contributed by atoms with van der Waals surface area (Å²) in [6, 6.07) is 0. The fourth-order valence-electron chi connectivity index (χ4n) is 1.00. The second kappa shape index (κ2) is 7.27. The third kappa shape index (κ3) is 8.38. The fraction of sp³-hybridized carbons (Fsp3) is 0.800. The Hall–Kier alpha value is -0.813. The van der Waals surface area contributed by atoms with Crippen LogP contribution in [0.1, 0.15) is 41.5 Å². The maximum atomic E-state index is 11.3. The summed E-state index contributed by atoms with van der Waals surface area (Å²) in [7, 11) is -1.70. The van der Waals surface area contributed by atoms with Crippen molar-refractivity contribution in [3.8, 4) is 0 Å².